The molecule has 3 aliphatic rings. The third kappa shape index (κ3) is 12.7. The van der Waals surface area contributed by atoms with E-state index in [1.165, 1.54) is 19.2 Å². The lowest BCUT2D eigenvalue weighted by Crippen LogP contribution is -2.70. The van der Waals surface area contributed by atoms with Gasteiger partial charge in [-0.1, -0.05) is 103 Å². The summed E-state index contributed by atoms with van der Waals surface area (Å²) in [6.45, 7) is 4.74. The predicted molar refractivity (Wildman–Crippen MR) is 274 cm³/mol. The minimum Gasteiger partial charge on any atom is -0.496 e. The van der Waals surface area contributed by atoms with Crippen LogP contribution >= 0.6 is 0 Å². The van der Waals surface area contributed by atoms with Crippen molar-refractivity contribution in [3.8, 4) is 23.0 Å². The third-order valence-electron chi connectivity index (χ3n) is 13.9. The molecule has 1 aliphatic heterocycles. The van der Waals surface area contributed by atoms with Gasteiger partial charge >= 0.3 is 6.09 Å². The topological polar surface area (TPSA) is 155 Å². The fourth-order valence-electron chi connectivity index (χ4n) is 10.6. The van der Waals surface area contributed by atoms with Crippen LogP contribution in [0, 0.1) is 23.6 Å². The second-order valence-electron chi connectivity index (χ2n) is 18.6. The highest BCUT2D eigenvalue weighted by molar-refractivity contribution is 6.03. The van der Waals surface area contributed by atoms with Gasteiger partial charge in [0.15, 0.2) is 6.29 Å². The largest absolute Gasteiger partial charge is 0.496 e. The molecule has 73 heavy (non-hydrogen) atoms. The number of carbonyl (C=O) groups is 2. The van der Waals surface area contributed by atoms with E-state index in [1.807, 2.05) is 72.8 Å². The molecule has 1 fully saturated rings. The summed E-state index contributed by atoms with van der Waals surface area (Å²) in [5, 5.41) is 25.1. The number of amides is 1. The van der Waals surface area contributed by atoms with Gasteiger partial charge in [-0.3, -0.25) is 9.69 Å². The van der Waals surface area contributed by atoms with Crippen molar-refractivity contribution in [2.45, 2.75) is 82.5 Å². The average Bonchev–Trinajstić information content (AvgIpc) is 3.42. The first-order valence-corrected chi connectivity index (χ1v) is 25.1. The number of halogens is 1. The molecule has 2 N–H and O–H groups in total. The zero-order valence-electron chi connectivity index (χ0n) is 41.3. The van der Waals surface area contributed by atoms with Crippen LogP contribution in [-0.4, -0.2) is 85.2 Å². The molecule has 5 aromatic carbocycles. The number of methoxy groups -OCH3 is 1. The van der Waals surface area contributed by atoms with Crippen LogP contribution in [0.1, 0.15) is 83.5 Å². The molecule has 384 valence electrons. The van der Waals surface area contributed by atoms with Gasteiger partial charge in [0.1, 0.15) is 48.1 Å². The third-order valence-corrected chi connectivity index (χ3v) is 13.9. The number of oxime groups is 1. The van der Waals surface area contributed by atoms with E-state index in [4.69, 9.17) is 38.4 Å². The Kier molecular flexibility index (Phi) is 18.5. The normalized spacial score (nSPS) is 21.2. The summed E-state index contributed by atoms with van der Waals surface area (Å²) in [7, 11) is 1.50. The molecular formula is C59H65FN2O11. The van der Waals surface area contributed by atoms with Crippen molar-refractivity contribution in [1.82, 2.24) is 4.90 Å². The van der Waals surface area contributed by atoms with E-state index in [9.17, 15) is 19.4 Å². The van der Waals surface area contributed by atoms with Crippen LogP contribution in [0.15, 0.2) is 151 Å². The van der Waals surface area contributed by atoms with E-state index in [1.54, 1.807) is 47.4 Å². The lowest BCUT2D eigenvalue weighted by Gasteiger charge is -2.59. The van der Waals surface area contributed by atoms with Gasteiger partial charge in [0.25, 0.3) is 0 Å². The molecule has 14 heteroatoms. The van der Waals surface area contributed by atoms with Crippen molar-refractivity contribution >= 4 is 18.1 Å². The summed E-state index contributed by atoms with van der Waals surface area (Å²) in [6.07, 6.45) is 8.22. The highest BCUT2D eigenvalue weighted by Crippen LogP contribution is 2.62. The van der Waals surface area contributed by atoms with Crippen molar-refractivity contribution in [3.63, 3.8) is 0 Å². The Labute approximate surface area is 426 Å². The standard InChI is InChI=1S/C59H65FN2O11/c1-3-30-70-59-55(62(37-41-20-22-46(60)23-21-41)58(66)69-32-31-68-39-42-14-6-4-7-15-42)36-52(61-71-40-43-16-8-5-9-17-43)50-34-44(18-10-12-28-63)49(19-11-13-29-64)56(57(50)59)51-35-48(25-27-54(51)73-59)72-47-24-26-53(67-2)45(33-47)38-65/h3-9,14-17,20-27,33-35,38,44,49,55-57,63-64H,1,10-13,18-19,28-32,36-37,39-40H2,2H3. The zero-order valence-corrected chi connectivity index (χ0v) is 41.3. The van der Waals surface area contributed by atoms with Crippen LogP contribution in [0.2, 0.25) is 0 Å². The van der Waals surface area contributed by atoms with Crippen molar-refractivity contribution in [1.29, 1.82) is 0 Å². The second kappa shape index (κ2) is 25.7. The van der Waals surface area contributed by atoms with E-state index in [0.717, 1.165) is 47.8 Å². The van der Waals surface area contributed by atoms with E-state index in [-0.39, 0.29) is 70.4 Å². The number of unbranched alkanes of at least 4 members (excludes halogenated alkanes) is 2. The van der Waals surface area contributed by atoms with E-state index in [0.29, 0.717) is 65.7 Å². The van der Waals surface area contributed by atoms with Gasteiger partial charge in [0.05, 0.1) is 44.1 Å². The number of hydrogen-bond acceptors (Lipinski definition) is 12. The fourth-order valence-corrected chi connectivity index (χ4v) is 10.6. The molecule has 6 unspecified atom stereocenters. The SMILES string of the molecule is C=CCOC12Oc3ccc(Oc4ccc(OC)c(C=O)c4)cc3C3C(CCCCO)C(CCCCO)C=C(C(=NOCc4ccccc4)CC1N(Cc1ccc(F)cc1)C(=O)OCCOCc1ccccc1)C32. The summed E-state index contributed by atoms with van der Waals surface area (Å²) in [4.78, 5) is 35.0. The Bertz CT molecular complexity index is 2660. The molecule has 2 aliphatic carbocycles. The van der Waals surface area contributed by atoms with E-state index in [2.05, 4.69) is 12.7 Å². The minimum absolute atomic E-state index is 0.0141. The number of fused-ring (bicyclic) bond motifs is 2. The van der Waals surface area contributed by atoms with Crippen LogP contribution in [0.4, 0.5) is 9.18 Å². The van der Waals surface area contributed by atoms with Gasteiger partial charge in [0.2, 0.25) is 5.79 Å². The molecule has 13 nitrogen and oxygen atoms in total. The first-order valence-electron chi connectivity index (χ1n) is 25.1. The van der Waals surface area contributed by atoms with Crippen molar-refractivity contribution < 1.29 is 57.5 Å². The van der Waals surface area contributed by atoms with Crippen LogP contribution in [0.25, 0.3) is 0 Å². The fraction of sp³-hybridized carbons (Fsp3) is 0.373. The number of rotatable bonds is 26. The lowest BCUT2D eigenvalue weighted by molar-refractivity contribution is -0.256. The van der Waals surface area contributed by atoms with E-state index < -0.39 is 29.7 Å². The van der Waals surface area contributed by atoms with Crippen molar-refractivity contribution in [2.24, 2.45) is 22.9 Å². The van der Waals surface area contributed by atoms with Gasteiger partial charge in [-0.15, -0.1) is 6.58 Å². The molecule has 1 heterocycles. The number of ether oxygens (including phenoxy) is 6. The summed E-state index contributed by atoms with van der Waals surface area (Å²) in [6, 6.07) is 35.2. The van der Waals surface area contributed by atoms with Gasteiger partial charge in [-0.2, -0.15) is 0 Å². The highest BCUT2D eigenvalue weighted by Gasteiger charge is 2.65. The van der Waals surface area contributed by atoms with Crippen LogP contribution in [-0.2, 0) is 38.8 Å². The second-order valence-corrected chi connectivity index (χ2v) is 18.6. The lowest BCUT2D eigenvalue weighted by atomic mass is 9.55. The Morgan fingerprint density at radius 2 is 1.55 bits per heavy atom. The molecule has 0 bridgehead atoms. The summed E-state index contributed by atoms with van der Waals surface area (Å²) >= 11 is 0. The van der Waals surface area contributed by atoms with Crippen molar-refractivity contribution in [2.75, 3.05) is 40.1 Å². The highest BCUT2D eigenvalue weighted by atomic mass is 19.1. The monoisotopic (exact) mass is 996 g/mol. The molecule has 6 atom stereocenters. The quantitative estimate of drug-likeness (QED) is 0.0235. The molecular weight excluding hydrogens is 932 g/mol. The average molecular weight is 997 g/mol. The van der Waals surface area contributed by atoms with Crippen molar-refractivity contribution in [3.05, 3.63) is 179 Å². The first-order chi connectivity index (χ1) is 35.8. The maximum atomic E-state index is 15.0. The minimum atomic E-state index is -1.61. The molecule has 0 saturated heterocycles. The molecule has 5 aromatic rings. The number of allylic oxidation sites excluding steroid dienone is 1. The zero-order chi connectivity index (χ0) is 51.0. The summed E-state index contributed by atoms with van der Waals surface area (Å²) < 4.78 is 53.0. The van der Waals surface area contributed by atoms with Crippen LogP contribution in [0.3, 0.4) is 0 Å². The maximum Gasteiger partial charge on any atom is 0.410 e. The van der Waals surface area contributed by atoms with Crippen LogP contribution in [0.5, 0.6) is 23.0 Å². The molecule has 0 aromatic heterocycles. The number of aldehydes is 1. The van der Waals surface area contributed by atoms with Gasteiger partial charge < -0.3 is 43.5 Å². The van der Waals surface area contributed by atoms with Gasteiger partial charge in [0, 0.05) is 37.7 Å². The van der Waals surface area contributed by atoms with Gasteiger partial charge in [-0.25, -0.2) is 9.18 Å². The Balaban J connectivity index is 1.28. The number of benzene rings is 5. The van der Waals surface area contributed by atoms with Gasteiger partial charge in [-0.05, 0) is 108 Å². The maximum absolute atomic E-state index is 15.0. The predicted octanol–water partition coefficient (Wildman–Crippen LogP) is 11.1. The number of hydrogen-bond donors (Lipinski definition) is 2. The van der Waals surface area contributed by atoms with E-state index >= 15 is 4.79 Å². The summed E-state index contributed by atoms with van der Waals surface area (Å²) in [5.41, 5.74) is 5.14. The van der Waals surface area contributed by atoms with Crippen LogP contribution < -0.4 is 14.2 Å². The number of nitrogens with zero attached hydrogens (tertiary/aromatic N) is 2. The molecule has 8 rings (SSSR count). The molecule has 0 radical (unpaired) electrons. The molecule has 1 saturated carbocycles. The Hall–Kier alpha value is -6.84. The summed E-state index contributed by atoms with van der Waals surface area (Å²) in [5.74, 6) is -1.29. The number of aliphatic hydroxyl groups excluding tert-OH is 2. The Morgan fingerprint density at radius 1 is 0.849 bits per heavy atom. The number of aliphatic hydroxyl groups is 2. The molecule has 1 amide bonds. The molecule has 0 spiro atoms. The number of carbonyl (C=O) groups excluding carboxylic acids is 2. The Morgan fingerprint density at radius 3 is 2.25 bits per heavy atom. The smallest absolute Gasteiger partial charge is 0.410 e. The first kappa shape index (κ1) is 52.5.